The number of aromatic nitrogens is 12. The lowest BCUT2D eigenvalue weighted by Crippen LogP contribution is -2.24. The summed E-state index contributed by atoms with van der Waals surface area (Å²) in [5.41, 5.74) is 11.0. The highest BCUT2D eigenvalue weighted by atomic mass is 35.5. The number of carboxylic acids is 1. The van der Waals surface area contributed by atoms with Gasteiger partial charge in [0, 0.05) is 71.5 Å². The van der Waals surface area contributed by atoms with Crippen LogP contribution in [0, 0.1) is 11.8 Å². The smallest absolute Gasteiger partial charge is 0.309 e. The van der Waals surface area contributed by atoms with Crippen LogP contribution in [0.2, 0.25) is 10.0 Å². The third kappa shape index (κ3) is 10.1. The summed E-state index contributed by atoms with van der Waals surface area (Å²) in [5.74, 6) is -1.67. The number of imidazole rings is 4. The fourth-order valence-electron chi connectivity index (χ4n) is 10.5. The summed E-state index contributed by atoms with van der Waals surface area (Å²) in [6, 6.07) is 15.5. The molecule has 0 spiro atoms. The van der Waals surface area contributed by atoms with E-state index < -0.39 is 11.9 Å². The molecule has 4 fully saturated rings. The average molecular weight is 1090 g/mol. The van der Waals surface area contributed by atoms with Gasteiger partial charge in [0.15, 0.2) is 0 Å². The van der Waals surface area contributed by atoms with Crippen molar-refractivity contribution in [3.05, 3.63) is 177 Å². The molecule has 4 aliphatic carbocycles. The van der Waals surface area contributed by atoms with E-state index >= 15 is 0 Å². The Bertz CT molecular complexity index is 4010. The number of ether oxygens (including phenoxy) is 1. The van der Waals surface area contributed by atoms with E-state index in [0.29, 0.717) is 88.3 Å². The van der Waals surface area contributed by atoms with Crippen molar-refractivity contribution in [3.63, 3.8) is 0 Å². The van der Waals surface area contributed by atoms with Crippen molar-refractivity contribution >= 4 is 69.3 Å². The van der Waals surface area contributed by atoms with Crippen LogP contribution in [0.1, 0.15) is 135 Å². The van der Waals surface area contributed by atoms with Crippen molar-refractivity contribution in [3.8, 4) is 0 Å². The predicted molar refractivity (Wildman–Crippen MR) is 286 cm³/mol. The molecule has 10 aromatic rings. The molecule has 0 aliphatic heterocycles. The minimum Gasteiger partial charge on any atom is -0.481 e. The average Bonchev–Trinajstić information content (AvgIpc) is 4.42. The Balaban J connectivity index is 0.000000149. The first-order valence-corrected chi connectivity index (χ1v) is 26.9. The second-order valence-electron chi connectivity index (χ2n) is 20.7. The standard InChI is InChI=1S/C29H28ClN7O3.C27H24ClN7O3/c1-2-40-29(39)22-10-21(22)27-23(28(38)31-11-24-25-9-19(30)7-8-35(25)16-32-24)15-37(34-27)14-20-13-36-12-18(17-3-4-17)5-6-26(36)33-20;28-17-5-6-33-14-30-22(23(33)7-17)9-29-26(36)21-13-35(32-25(21)19-8-20(19)27(37)38)12-18-11-34-10-16(15-1-2-15)3-4-24(34)31-18/h5-9,12-13,15-17,21-22H,2-4,10-11,14H2,1H3,(H,31,38);3-7,10-11,13-15,19-20H,1-2,8-9,12H2,(H,29,36)(H,37,38). The maximum absolute atomic E-state index is 13.5. The van der Waals surface area contributed by atoms with Crippen molar-refractivity contribution in [1.82, 2.24) is 67.7 Å². The van der Waals surface area contributed by atoms with E-state index in [4.69, 9.17) is 43.0 Å². The van der Waals surface area contributed by atoms with Crippen molar-refractivity contribution in [2.75, 3.05) is 6.61 Å². The molecule has 0 radical (unpaired) electrons. The number of fused-ring (bicyclic) bond motifs is 4. The van der Waals surface area contributed by atoms with Crippen LogP contribution in [0.5, 0.6) is 0 Å². The maximum Gasteiger partial charge on any atom is 0.309 e. The first-order valence-electron chi connectivity index (χ1n) is 26.2. The van der Waals surface area contributed by atoms with Crippen molar-refractivity contribution in [1.29, 1.82) is 0 Å². The molecule has 78 heavy (non-hydrogen) atoms. The van der Waals surface area contributed by atoms with Crippen LogP contribution in [0.3, 0.4) is 0 Å². The first kappa shape index (κ1) is 49.2. The molecule has 0 saturated heterocycles. The zero-order valence-corrected chi connectivity index (χ0v) is 43.8. The summed E-state index contributed by atoms with van der Waals surface area (Å²) in [4.78, 5) is 69.0. The van der Waals surface area contributed by atoms with Crippen molar-refractivity contribution < 1.29 is 29.0 Å². The molecule has 4 atom stereocenters. The minimum absolute atomic E-state index is 0.157. The first-order chi connectivity index (χ1) is 37.9. The summed E-state index contributed by atoms with van der Waals surface area (Å²) in [7, 11) is 0. The Labute approximate surface area is 455 Å². The number of aliphatic carboxylic acids is 1. The highest BCUT2D eigenvalue weighted by Gasteiger charge is 2.49. The third-order valence-corrected chi connectivity index (χ3v) is 15.5. The van der Waals surface area contributed by atoms with Gasteiger partial charge < -0.3 is 38.1 Å². The number of carboxylic acid groups (broad SMARTS) is 1. The van der Waals surface area contributed by atoms with Gasteiger partial charge in [-0.3, -0.25) is 28.5 Å². The largest absolute Gasteiger partial charge is 0.481 e. The van der Waals surface area contributed by atoms with Gasteiger partial charge in [0.05, 0.1) is 114 Å². The number of halogens is 2. The molecular formula is C56H52Cl2N14O6. The monoisotopic (exact) mass is 1090 g/mol. The van der Waals surface area contributed by atoms with E-state index in [1.54, 1.807) is 59.5 Å². The van der Waals surface area contributed by atoms with Crippen molar-refractivity contribution in [2.45, 2.75) is 95.3 Å². The molecule has 4 saturated carbocycles. The zero-order valence-electron chi connectivity index (χ0n) is 42.2. The number of esters is 1. The number of carbonyl (C=O) groups is 4. The molecule has 3 N–H and O–H groups in total. The van der Waals surface area contributed by atoms with Gasteiger partial charge in [-0.2, -0.15) is 10.2 Å². The lowest BCUT2D eigenvalue weighted by Gasteiger charge is -2.05. The summed E-state index contributed by atoms with van der Waals surface area (Å²) < 4.78 is 16.4. The van der Waals surface area contributed by atoms with Crippen LogP contribution in [-0.2, 0) is 40.5 Å². The quantitative estimate of drug-likeness (QED) is 0.0733. The molecule has 20 nitrogen and oxygen atoms in total. The number of hydrogen-bond donors (Lipinski definition) is 3. The Kier molecular flexibility index (Phi) is 12.6. The fourth-order valence-corrected chi connectivity index (χ4v) is 10.8. The second kappa shape index (κ2) is 19.9. The Morgan fingerprint density at radius 2 is 1.10 bits per heavy atom. The van der Waals surface area contributed by atoms with Gasteiger partial charge in [-0.1, -0.05) is 35.3 Å². The van der Waals surface area contributed by atoms with E-state index in [1.165, 1.54) is 36.8 Å². The van der Waals surface area contributed by atoms with Gasteiger partial charge in [-0.15, -0.1) is 0 Å². The minimum atomic E-state index is -0.871. The summed E-state index contributed by atoms with van der Waals surface area (Å²) in [6.45, 7) is 3.31. The Morgan fingerprint density at radius 3 is 1.55 bits per heavy atom. The highest BCUT2D eigenvalue weighted by Crippen LogP contribution is 2.49. The van der Waals surface area contributed by atoms with Crippen LogP contribution in [-0.4, -0.2) is 92.6 Å². The summed E-state index contributed by atoms with van der Waals surface area (Å²) in [6.07, 6.45) is 24.7. The molecule has 4 unspecified atom stereocenters. The molecule has 0 aromatic carbocycles. The Morgan fingerprint density at radius 1 is 0.628 bits per heavy atom. The molecule has 10 heterocycles. The molecule has 396 valence electrons. The number of rotatable bonds is 17. The molecule has 2 amide bonds. The third-order valence-electron chi connectivity index (χ3n) is 15.0. The fraction of sp³-hybridized carbons (Fsp3) is 0.321. The van der Waals surface area contributed by atoms with Gasteiger partial charge in [-0.05, 0) is 105 Å². The molecule has 14 rings (SSSR count). The van der Waals surface area contributed by atoms with Crippen LogP contribution in [0.25, 0.3) is 22.3 Å². The molecule has 0 bridgehead atoms. The topological polar surface area (TPSA) is 227 Å². The van der Waals surface area contributed by atoms with Crippen molar-refractivity contribution in [2.24, 2.45) is 11.8 Å². The van der Waals surface area contributed by atoms with E-state index in [0.717, 1.165) is 33.7 Å². The van der Waals surface area contributed by atoms with Gasteiger partial charge in [-0.25, -0.2) is 19.9 Å². The number of nitrogens with one attached hydrogen (secondary N) is 2. The SMILES string of the molecule is CCOC(=O)C1CC1c1nn(Cc2cn3cc(C4CC4)ccc3n2)cc1C(=O)NCc1ncn2ccc(Cl)cc12.O=C(NCc1ncn2ccc(Cl)cc12)c1cn(Cc2cn3cc(C4CC4)ccc3n2)nc1C1CC1C(=O)O. The number of amides is 2. The number of nitrogens with zero attached hydrogens (tertiary/aromatic N) is 12. The molecule has 22 heteroatoms. The molecule has 10 aromatic heterocycles. The normalized spacial score (nSPS) is 18.6. The molecular weight excluding hydrogens is 1040 g/mol. The van der Waals surface area contributed by atoms with E-state index in [1.807, 2.05) is 56.2 Å². The van der Waals surface area contributed by atoms with Gasteiger partial charge in [0.2, 0.25) is 0 Å². The van der Waals surface area contributed by atoms with Crippen LogP contribution in [0.15, 0.2) is 111 Å². The Hall–Kier alpha value is -8.36. The molecule has 4 aliphatic rings. The summed E-state index contributed by atoms with van der Waals surface area (Å²) in [5, 5.41) is 26.0. The van der Waals surface area contributed by atoms with Crippen LogP contribution in [0.4, 0.5) is 0 Å². The zero-order chi connectivity index (χ0) is 53.3. The predicted octanol–water partition coefficient (Wildman–Crippen LogP) is 8.23. The van der Waals surface area contributed by atoms with Crippen LogP contribution < -0.4 is 10.6 Å². The van der Waals surface area contributed by atoms with Gasteiger partial charge >= 0.3 is 11.9 Å². The lowest BCUT2D eigenvalue weighted by atomic mass is 10.1. The van der Waals surface area contributed by atoms with E-state index in [2.05, 4.69) is 54.6 Å². The van der Waals surface area contributed by atoms with E-state index in [9.17, 15) is 24.3 Å². The summed E-state index contributed by atoms with van der Waals surface area (Å²) >= 11 is 12.3. The maximum atomic E-state index is 13.5. The van der Waals surface area contributed by atoms with Gasteiger partial charge in [0.25, 0.3) is 11.8 Å². The lowest BCUT2D eigenvalue weighted by molar-refractivity contribution is -0.144. The second-order valence-corrected chi connectivity index (χ2v) is 21.6. The van der Waals surface area contributed by atoms with Gasteiger partial charge in [0.1, 0.15) is 11.3 Å². The van der Waals surface area contributed by atoms with E-state index in [-0.39, 0.29) is 48.6 Å². The highest BCUT2D eigenvalue weighted by molar-refractivity contribution is 6.31. The van der Waals surface area contributed by atoms with Crippen LogP contribution >= 0.6 is 23.2 Å². The number of hydrogen-bond acceptors (Lipinski definition) is 11. The number of pyridine rings is 4. The number of carbonyl (C=O) groups excluding carboxylic acids is 3.